The molecule has 0 radical (unpaired) electrons. The summed E-state index contributed by atoms with van der Waals surface area (Å²) in [5.74, 6) is -1.18. The molecule has 0 saturated heterocycles. The predicted molar refractivity (Wildman–Crippen MR) is 90.7 cm³/mol. The van der Waals surface area contributed by atoms with E-state index in [-0.39, 0.29) is 24.5 Å². The minimum absolute atomic E-state index is 0.0398. The molecule has 0 saturated carbocycles. The van der Waals surface area contributed by atoms with E-state index < -0.39 is 24.0 Å². The lowest BCUT2D eigenvalue weighted by molar-refractivity contribution is -0.199. The number of aliphatic hydroxyl groups is 2. The molecule has 2 aliphatic rings. The van der Waals surface area contributed by atoms with Crippen molar-refractivity contribution in [3.63, 3.8) is 0 Å². The summed E-state index contributed by atoms with van der Waals surface area (Å²) in [7, 11) is 0. The van der Waals surface area contributed by atoms with Crippen molar-refractivity contribution in [1.29, 1.82) is 0 Å². The third-order valence-electron chi connectivity index (χ3n) is 4.77. The van der Waals surface area contributed by atoms with Gasteiger partial charge in [-0.1, -0.05) is 13.0 Å². The second-order valence-electron chi connectivity index (χ2n) is 6.74. The zero-order chi connectivity index (χ0) is 18.9. The number of cyclic esters (lactones) is 1. The van der Waals surface area contributed by atoms with Crippen LogP contribution in [0.25, 0.3) is 0 Å². The number of carbonyl (C=O) groups excluding carboxylic acids is 1. The van der Waals surface area contributed by atoms with Gasteiger partial charge >= 0.3 is 5.97 Å². The molecule has 3 atom stereocenters. The molecule has 0 aliphatic carbocycles. The molecular formula is C19H24O7. The smallest absolute Gasteiger partial charge is 0.378 e. The average Bonchev–Trinajstić information content (AvgIpc) is 3.11. The molecule has 2 heterocycles. The predicted octanol–water partition coefficient (Wildman–Crippen LogP) is 1.88. The first kappa shape index (κ1) is 18.5. The summed E-state index contributed by atoms with van der Waals surface area (Å²) in [6.07, 6.45) is 0.538. The van der Waals surface area contributed by atoms with Gasteiger partial charge in [0.25, 0.3) is 11.5 Å². The highest BCUT2D eigenvalue weighted by Gasteiger charge is 2.51. The van der Waals surface area contributed by atoms with Crippen LogP contribution < -0.4 is 0 Å². The van der Waals surface area contributed by atoms with Crippen molar-refractivity contribution in [1.82, 2.24) is 0 Å². The Hall–Kier alpha value is -2.25. The fourth-order valence-corrected chi connectivity index (χ4v) is 3.23. The van der Waals surface area contributed by atoms with Gasteiger partial charge in [0.15, 0.2) is 11.9 Å². The van der Waals surface area contributed by atoms with Gasteiger partial charge in [0.1, 0.15) is 5.75 Å². The molecule has 0 amide bonds. The monoisotopic (exact) mass is 364 g/mol. The van der Waals surface area contributed by atoms with Crippen molar-refractivity contribution in [3.8, 4) is 5.75 Å². The van der Waals surface area contributed by atoms with Gasteiger partial charge in [-0.15, -0.1) is 0 Å². The summed E-state index contributed by atoms with van der Waals surface area (Å²) in [4.78, 5) is 11.9. The van der Waals surface area contributed by atoms with Gasteiger partial charge < -0.3 is 29.5 Å². The van der Waals surface area contributed by atoms with E-state index in [1.165, 1.54) is 6.07 Å². The van der Waals surface area contributed by atoms with Gasteiger partial charge in [-0.3, -0.25) is 0 Å². The summed E-state index contributed by atoms with van der Waals surface area (Å²) in [6, 6.07) is 5.00. The van der Waals surface area contributed by atoms with E-state index in [0.717, 1.165) is 5.56 Å². The lowest BCUT2D eigenvalue weighted by Crippen LogP contribution is -2.38. The fraction of sp³-hybridized carbons (Fsp3) is 0.526. The molecule has 3 rings (SSSR count). The van der Waals surface area contributed by atoms with Crippen molar-refractivity contribution < 1.29 is 34.3 Å². The van der Waals surface area contributed by atoms with Gasteiger partial charge in [-0.25, -0.2) is 4.79 Å². The van der Waals surface area contributed by atoms with Gasteiger partial charge in [0.2, 0.25) is 0 Å². The molecule has 0 spiro atoms. The third kappa shape index (κ3) is 3.50. The number of aromatic hydroxyl groups is 1. The molecule has 1 aromatic rings. The Morgan fingerprint density at radius 1 is 1.31 bits per heavy atom. The number of aryl methyl sites for hydroxylation is 1. The molecule has 0 aromatic heterocycles. The zero-order valence-corrected chi connectivity index (χ0v) is 14.9. The highest BCUT2D eigenvalue weighted by molar-refractivity contribution is 5.90. The molecule has 0 fully saturated rings. The molecule has 3 unspecified atom stereocenters. The number of rotatable bonds is 7. The normalized spacial score (nSPS) is 25.5. The van der Waals surface area contributed by atoms with Crippen LogP contribution in [0.3, 0.4) is 0 Å². The van der Waals surface area contributed by atoms with Crippen molar-refractivity contribution >= 4 is 5.97 Å². The Bertz CT molecular complexity index is 727. The number of benzene rings is 1. The molecule has 7 nitrogen and oxygen atoms in total. The lowest BCUT2D eigenvalue weighted by atomic mass is 9.97. The van der Waals surface area contributed by atoms with Crippen LogP contribution in [0.15, 0.2) is 29.7 Å². The van der Waals surface area contributed by atoms with Crippen molar-refractivity contribution in [2.75, 3.05) is 0 Å². The molecule has 2 aliphatic heterocycles. The van der Waals surface area contributed by atoms with Gasteiger partial charge in [0, 0.05) is 12.0 Å². The van der Waals surface area contributed by atoms with Crippen LogP contribution in [0, 0.1) is 0 Å². The lowest BCUT2D eigenvalue weighted by Gasteiger charge is -2.32. The first-order valence-electron chi connectivity index (χ1n) is 8.80. The van der Waals surface area contributed by atoms with Crippen molar-refractivity contribution in [2.45, 2.75) is 64.1 Å². The average molecular weight is 364 g/mol. The van der Waals surface area contributed by atoms with E-state index in [2.05, 4.69) is 0 Å². The van der Waals surface area contributed by atoms with Crippen molar-refractivity contribution in [2.24, 2.45) is 0 Å². The Morgan fingerprint density at radius 2 is 2.08 bits per heavy atom. The molecule has 3 N–H and O–H groups in total. The maximum atomic E-state index is 11.9. The maximum Gasteiger partial charge on any atom is 0.378 e. The van der Waals surface area contributed by atoms with Crippen LogP contribution in [0.5, 0.6) is 5.75 Å². The van der Waals surface area contributed by atoms with Gasteiger partial charge in [-0.05, 0) is 37.5 Å². The summed E-state index contributed by atoms with van der Waals surface area (Å²) in [5.41, 5.74) is 1.32. The van der Waals surface area contributed by atoms with E-state index in [0.29, 0.717) is 30.6 Å². The SMILES string of the molecule is CCC(O)CC1(CCc2ccc(O)c(CO)c2)OC2=C(O1)C(C)OC2=O. The van der Waals surface area contributed by atoms with Gasteiger partial charge in [-0.2, -0.15) is 0 Å². The number of aliphatic hydroxyl groups excluding tert-OH is 2. The Kier molecular flexibility index (Phi) is 5.11. The summed E-state index contributed by atoms with van der Waals surface area (Å²) in [6.45, 7) is 3.31. The Balaban J connectivity index is 1.77. The van der Waals surface area contributed by atoms with E-state index >= 15 is 0 Å². The third-order valence-corrected chi connectivity index (χ3v) is 4.77. The second kappa shape index (κ2) is 7.17. The second-order valence-corrected chi connectivity index (χ2v) is 6.74. The minimum atomic E-state index is -1.13. The summed E-state index contributed by atoms with van der Waals surface area (Å²) >= 11 is 0. The first-order valence-corrected chi connectivity index (χ1v) is 8.80. The number of ether oxygens (including phenoxy) is 3. The standard InChI is InChI=1S/C19H24O7/c1-3-14(21)9-19(25-16-11(2)24-18(23)17(16)26-19)7-6-12-4-5-15(22)13(8-12)10-20/h4-5,8,11,14,20-22H,3,6-7,9-10H2,1-2H3. The minimum Gasteiger partial charge on any atom is -0.508 e. The molecule has 1 aromatic carbocycles. The highest BCUT2D eigenvalue weighted by atomic mass is 16.8. The fourth-order valence-electron chi connectivity index (χ4n) is 3.23. The summed E-state index contributed by atoms with van der Waals surface area (Å²) < 4.78 is 16.9. The van der Waals surface area contributed by atoms with E-state index in [9.17, 15) is 20.1 Å². The number of phenols is 1. The van der Waals surface area contributed by atoms with Crippen LogP contribution in [0.2, 0.25) is 0 Å². The Morgan fingerprint density at radius 3 is 2.73 bits per heavy atom. The van der Waals surface area contributed by atoms with Crippen LogP contribution in [0.4, 0.5) is 0 Å². The Labute approximate surface area is 151 Å². The van der Waals surface area contributed by atoms with Crippen LogP contribution in [0.1, 0.15) is 44.2 Å². The van der Waals surface area contributed by atoms with E-state index in [1.807, 2.05) is 6.92 Å². The van der Waals surface area contributed by atoms with Crippen molar-refractivity contribution in [3.05, 3.63) is 40.8 Å². The molecular weight excluding hydrogens is 340 g/mol. The molecule has 26 heavy (non-hydrogen) atoms. The number of hydrogen-bond acceptors (Lipinski definition) is 7. The molecule has 142 valence electrons. The van der Waals surface area contributed by atoms with Crippen LogP contribution in [-0.2, 0) is 32.0 Å². The van der Waals surface area contributed by atoms with Crippen LogP contribution in [-0.4, -0.2) is 39.3 Å². The van der Waals surface area contributed by atoms with E-state index in [4.69, 9.17) is 14.2 Å². The van der Waals surface area contributed by atoms with E-state index in [1.54, 1.807) is 19.1 Å². The largest absolute Gasteiger partial charge is 0.508 e. The first-order chi connectivity index (χ1) is 12.4. The topological polar surface area (TPSA) is 105 Å². The molecule has 0 bridgehead atoms. The zero-order valence-electron chi connectivity index (χ0n) is 14.9. The van der Waals surface area contributed by atoms with Crippen LogP contribution >= 0.6 is 0 Å². The highest BCUT2D eigenvalue weighted by Crippen LogP contribution is 2.43. The number of carbonyl (C=O) groups is 1. The number of esters is 1. The summed E-state index contributed by atoms with van der Waals surface area (Å²) in [5, 5.41) is 29.1. The van der Waals surface area contributed by atoms with Gasteiger partial charge in [0.05, 0.1) is 19.1 Å². The quantitative estimate of drug-likeness (QED) is 0.634. The number of hydrogen-bond donors (Lipinski definition) is 3. The maximum absolute atomic E-state index is 11.9. The molecule has 7 heteroatoms.